The van der Waals surface area contributed by atoms with Crippen molar-refractivity contribution < 1.29 is 9.53 Å². The second-order valence-electron chi connectivity index (χ2n) is 4.67. The molecule has 6 heteroatoms. The largest absolute Gasteiger partial charge is 0.478 e. The van der Waals surface area contributed by atoms with Crippen molar-refractivity contribution in [2.24, 2.45) is 5.10 Å². The van der Waals surface area contributed by atoms with E-state index in [1.807, 2.05) is 13.0 Å². The van der Waals surface area contributed by atoms with Gasteiger partial charge in [0.2, 0.25) is 0 Å². The molecular weight excluding hydrogens is 314 g/mol. The number of carbonyl (C=O) groups excluding carboxylic acids is 1. The molecule has 0 aromatic heterocycles. The van der Waals surface area contributed by atoms with Crippen molar-refractivity contribution in [3.63, 3.8) is 0 Å². The molecule has 0 bridgehead atoms. The van der Waals surface area contributed by atoms with Crippen molar-refractivity contribution in [3.05, 3.63) is 64.2 Å². The molecule has 116 valence electrons. The summed E-state index contributed by atoms with van der Waals surface area (Å²) in [5, 5.41) is 12.8. The number of nitrogens with zero attached hydrogens (tertiary/aromatic N) is 2. The molecule has 1 amide bonds. The van der Waals surface area contributed by atoms with Gasteiger partial charge in [-0.3, -0.25) is 4.79 Å². The quantitative estimate of drug-likeness (QED) is 0.676. The average Bonchev–Trinajstić information content (AvgIpc) is 2.53. The Morgan fingerprint density at radius 1 is 1.39 bits per heavy atom. The molecule has 0 aliphatic carbocycles. The second kappa shape index (κ2) is 7.97. The molecule has 0 aliphatic rings. The number of aryl methyl sites for hydroxylation is 1. The van der Waals surface area contributed by atoms with Crippen LogP contribution in [0.5, 0.6) is 5.75 Å². The van der Waals surface area contributed by atoms with Crippen molar-refractivity contribution in [1.82, 2.24) is 5.43 Å². The summed E-state index contributed by atoms with van der Waals surface area (Å²) in [6, 6.07) is 14.1. The van der Waals surface area contributed by atoms with Crippen LogP contribution in [0.1, 0.15) is 21.5 Å². The lowest BCUT2D eigenvalue weighted by Crippen LogP contribution is -2.18. The van der Waals surface area contributed by atoms with Crippen molar-refractivity contribution in [2.75, 3.05) is 6.61 Å². The van der Waals surface area contributed by atoms with Crippen LogP contribution < -0.4 is 10.2 Å². The van der Waals surface area contributed by atoms with Crippen LogP contribution in [0.4, 0.5) is 0 Å². The van der Waals surface area contributed by atoms with Crippen LogP contribution in [0, 0.1) is 18.3 Å². The summed E-state index contributed by atoms with van der Waals surface area (Å²) in [6.45, 7) is 1.83. The van der Waals surface area contributed by atoms with Gasteiger partial charge in [0.1, 0.15) is 11.8 Å². The van der Waals surface area contributed by atoms with Crippen molar-refractivity contribution in [3.8, 4) is 11.8 Å². The standard InChI is InChI=1S/C17H14ClN3O2/c1-12-6-7-14(15(18)10-12)17(22)21-20-11-13-4-2-3-5-16(13)23-9-8-19/h2-7,10-11H,9H2,1H3,(H,21,22)/b20-11-. The zero-order valence-electron chi connectivity index (χ0n) is 12.4. The van der Waals surface area contributed by atoms with Crippen LogP contribution in [-0.4, -0.2) is 18.7 Å². The van der Waals surface area contributed by atoms with E-state index in [4.69, 9.17) is 21.6 Å². The fourth-order valence-electron chi connectivity index (χ4n) is 1.85. The summed E-state index contributed by atoms with van der Waals surface area (Å²) in [4.78, 5) is 12.0. The number of halogens is 1. The Morgan fingerprint density at radius 2 is 2.17 bits per heavy atom. The molecule has 0 spiro atoms. The van der Waals surface area contributed by atoms with Crippen molar-refractivity contribution >= 4 is 23.7 Å². The average molecular weight is 328 g/mol. The lowest BCUT2D eigenvalue weighted by molar-refractivity contribution is 0.0955. The predicted molar refractivity (Wildman–Crippen MR) is 88.8 cm³/mol. The Morgan fingerprint density at radius 3 is 2.91 bits per heavy atom. The minimum Gasteiger partial charge on any atom is -0.478 e. The van der Waals surface area contributed by atoms with E-state index in [-0.39, 0.29) is 6.61 Å². The third kappa shape index (κ3) is 4.56. The minimum atomic E-state index is -0.401. The van der Waals surface area contributed by atoms with E-state index in [1.165, 1.54) is 6.21 Å². The molecule has 0 unspecified atom stereocenters. The Balaban J connectivity index is 2.07. The fourth-order valence-corrected chi connectivity index (χ4v) is 2.17. The Labute approximate surface area is 139 Å². The molecule has 2 aromatic rings. The SMILES string of the molecule is Cc1ccc(C(=O)N/N=C\c2ccccc2OCC#N)c(Cl)c1. The number of rotatable bonds is 5. The van der Waals surface area contributed by atoms with E-state index in [0.717, 1.165) is 5.56 Å². The number of nitriles is 1. The lowest BCUT2D eigenvalue weighted by Gasteiger charge is -2.05. The minimum absolute atomic E-state index is 0.0593. The predicted octanol–water partition coefficient (Wildman–Crippen LogP) is 3.31. The van der Waals surface area contributed by atoms with Crippen molar-refractivity contribution in [2.45, 2.75) is 6.92 Å². The summed E-state index contributed by atoms with van der Waals surface area (Å²) in [6.07, 6.45) is 1.45. The summed E-state index contributed by atoms with van der Waals surface area (Å²) in [7, 11) is 0. The van der Waals surface area contributed by atoms with Crippen LogP contribution in [0.15, 0.2) is 47.6 Å². The van der Waals surface area contributed by atoms with Gasteiger partial charge in [0.15, 0.2) is 6.61 Å². The smallest absolute Gasteiger partial charge is 0.272 e. The maximum atomic E-state index is 12.0. The maximum absolute atomic E-state index is 12.0. The molecule has 0 aliphatic heterocycles. The maximum Gasteiger partial charge on any atom is 0.272 e. The number of ether oxygens (including phenoxy) is 1. The van der Waals surface area contributed by atoms with E-state index in [1.54, 1.807) is 42.5 Å². The number of hydrazone groups is 1. The number of benzene rings is 2. The topological polar surface area (TPSA) is 74.5 Å². The van der Waals surface area contributed by atoms with E-state index in [9.17, 15) is 4.79 Å². The molecule has 0 atom stereocenters. The molecule has 0 fully saturated rings. The van der Waals surface area contributed by atoms with Gasteiger partial charge in [0, 0.05) is 5.56 Å². The third-order valence-corrected chi connectivity index (χ3v) is 3.26. The number of para-hydroxylation sites is 1. The highest BCUT2D eigenvalue weighted by atomic mass is 35.5. The van der Waals surface area contributed by atoms with Gasteiger partial charge < -0.3 is 4.74 Å². The first-order valence-electron chi connectivity index (χ1n) is 6.80. The van der Waals surface area contributed by atoms with E-state index < -0.39 is 5.91 Å². The van der Waals surface area contributed by atoms with Crippen molar-refractivity contribution in [1.29, 1.82) is 5.26 Å². The second-order valence-corrected chi connectivity index (χ2v) is 5.07. The Kier molecular flexibility index (Phi) is 5.73. The third-order valence-electron chi connectivity index (χ3n) is 2.95. The number of nitrogens with one attached hydrogen (secondary N) is 1. The van der Waals surface area contributed by atoms with Gasteiger partial charge >= 0.3 is 0 Å². The highest BCUT2D eigenvalue weighted by Crippen LogP contribution is 2.18. The van der Waals surface area contributed by atoms with Gasteiger partial charge in [-0.1, -0.05) is 29.8 Å². The zero-order valence-corrected chi connectivity index (χ0v) is 13.2. The number of hydrogen-bond donors (Lipinski definition) is 1. The normalized spacial score (nSPS) is 10.3. The van der Waals surface area contributed by atoms with E-state index >= 15 is 0 Å². The van der Waals surface area contributed by atoms with Crippen LogP contribution in [0.25, 0.3) is 0 Å². The van der Waals surface area contributed by atoms with Crippen LogP contribution in [0.3, 0.4) is 0 Å². The van der Waals surface area contributed by atoms with Gasteiger partial charge in [-0.15, -0.1) is 0 Å². The summed E-state index contributed by atoms with van der Waals surface area (Å²) in [5.41, 5.74) is 4.39. The highest BCUT2D eigenvalue weighted by Gasteiger charge is 2.09. The molecule has 0 saturated heterocycles. The fraction of sp³-hybridized carbons (Fsp3) is 0.118. The van der Waals surface area contributed by atoms with Gasteiger partial charge in [-0.05, 0) is 36.8 Å². The molecule has 0 heterocycles. The van der Waals surface area contributed by atoms with Crippen LogP contribution in [-0.2, 0) is 0 Å². The van der Waals surface area contributed by atoms with Gasteiger partial charge in [0.05, 0.1) is 16.8 Å². The molecule has 0 saturated carbocycles. The van der Waals surface area contributed by atoms with E-state index in [2.05, 4.69) is 10.5 Å². The highest BCUT2D eigenvalue weighted by molar-refractivity contribution is 6.33. The Bertz CT molecular complexity index is 782. The summed E-state index contributed by atoms with van der Waals surface area (Å²) < 4.78 is 5.27. The van der Waals surface area contributed by atoms with Gasteiger partial charge in [0.25, 0.3) is 5.91 Å². The molecule has 0 radical (unpaired) electrons. The lowest BCUT2D eigenvalue weighted by atomic mass is 10.1. The molecule has 2 aromatic carbocycles. The first kappa shape index (κ1) is 16.5. The number of carbonyl (C=O) groups is 1. The zero-order chi connectivity index (χ0) is 16.7. The summed E-state index contributed by atoms with van der Waals surface area (Å²) >= 11 is 6.04. The van der Waals surface area contributed by atoms with Crippen LogP contribution in [0.2, 0.25) is 5.02 Å². The molecule has 2 rings (SSSR count). The molecule has 1 N–H and O–H groups in total. The van der Waals surface area contributed by atoms with Crippen LogP contribution >= 0.6 is 11.6 Å². The number of amides is 1. The molecule has 23 heavy (non-hydrogen) atoms. The first-order valence-corrected chi connectivity index (χ1v) is 7.18. The van der Waals surface area contributed by atoms with E-state index in [0.29, 0.717) is 21.9 Å². The molecular formula is C17H14ClN3O2. The summed E-state index contributed by atoms with van der Waals surface area (Å²) in [5.74, 6) is 0.113. The Hall–Kier alpha value is -2.84. The molecule has 5 nitrogen and oxygen atoms in total. The number of hydrogen-bond acceptors (Lipinski definition) is 4. The monoisotopic (exact) mass is 327 g/mol. The van der Waals surface area contributed by atoms with Gasteiger partial charge in [-0.25, -0.2) is 5.43 Å². The first-order chi connectivity index (χ1) is 11.1. The van der Waals surface area contributed by atoms with Gasteiger partial charge in [-0.2, -0.15) is 10.4 Å².